The summed E-state index contributed by atoms with van der Waals surface area (Å²) in [6, 6.07) is 1.34. The van der Waals surface area contributed by atoms with E-state index in [9.17, 15) is 14.4 Å². The van der Waals surface area contributed by atoms with Gasteiger partial charge in [-0.05, 0) is 0 Å². The molecular weight excluding hydrogens is 252 g/mol. The molecule has 0 N–H and O–H groups in total. The van der Waals surface area contributed by atoms with E-state index in [-0.39, 0.29) is 35.2 Å². The highest BCUT2D eigenvalue weighted by molar-refractivity contribution is 6.09. The molecule has 0 radical (unpaired) electrons. The zero-order chi connectivity index (χ0) is 13.4. The van der Waals surface area contributed by atoms with E-state index < -0.39 is 11.9 Å². The molecule has 1 aromatic heterocycles. The number of esters is 2. The Morgan fingerprint density at radius 3 is 2.58 bits per heavy atom. The Labute approximate surface area is 106 Å². The number of pyridine rings is 1. The number of rotatable bonds is 0. The van der Waals surface area contributed by atoms with Gasteiger partial charge in [0.2, 0.25) is 0 Å². The fraction of sp³-hybridized carbons (Fsp3) is 0.0833. The highest BCUT2D eigenvalue weighted by atomic mass is 16.6. The zero-order valence-corrected chi connectivity index (χ0v) is 9.45. The van der Waals surface area contributed by atoms with Crippen LogP contribution in [-0.2, 0) is 9.59 Å². The van der Waals surface area contributed by atoms with E-state index in [1.165, 1.54) is 12.3 Å². The van der Waals surface area contributed by atoms with Gasteiger partial charge in [0.15, 0.2) is 11.5 Å². The molecule has 0 aromatic carbocycles. The summed E-state index contributed by atoms with van der Waals surface area (Å²) in [5.41, 5.74) is 0.373. The molecule has 2 aliphatic heterocycles. The maximum absolute atomic E-state index is 11.7. The average molecular weight is 258 g/mol. The third kappa shape index (κ3) is 2.01. The quantitative estimate of drug-likeness (QED) is 0.637. The molecule has 1 aromatic rings. The van der Waals surface area contributed by atoms with Crippen LogP contribution in [0.4, 0.5) is 5.69 Å². The Morgan fingerprint density at radius 1 is 1.05 bits per heavy atom. The monoisotopic (exact) mass is 258 g/mol. The number of aromatic nitrogens is 1. The number of hydrogen-bond acceptors (Lipinski definition) is 7. The molecule has 0 atom stereocenters. The Balaban J connectivity index is 2.15. The van der Waals surface area contributed by atoms with Crippen LogP contribution in [0.25, 0.3) is 0 Å². The van der Waals surface area contributed by atoms with Crippen LogP contribution >= 0.6 is 0 Å². The minimum atomic E-state index is -0.767. The molecule has 19 heavy (non-hydrogen) atoms. The van der Waals surface area contributed by atoms with Crippen LogP contribution in [0, 0.1) is 0 Å². The van der Waals surface area contributed by atoms with Gasteiger partial charge in [-0.25, -0.2) is 14.6 Å². The summed E-state index contributed by atoms with van der Waals surface area (Å²) >= 11 is 0. The van der Waals surface area contributed by atoms with Gasteiger partial charge in [0.05, 0.1) is 5.69 Å². The van der Waals surface area contributed by atoms with Gasteiger partial charge >= 0.3 is 11.9 Å². The van der Waals surface area contributed by atoms with E-state index in [1.54, 1.807) is 0 Å². The summed E-state index contributed by atoms with van der Waals surface area (Å²) < 4.78 is 9.82. The van der Waals surface area contributed by atoms with Crippen molar-refractivity contribution in [2.45, 2.75) is 6.42 Å². The summed E-state index contributed by atoms with van der Waals surface area (Å²) in [5.74, 6) is -2.00. The van der Waals surface area contributed by atoms with Crippen LogP contribution in [0.15, 0.2) is 23.2 Å². The Kier molecular flexibility index (Phi) is 2.45. The average Bonchev–Trinajstić information content (AvgIpc) is 2.37. The predicted octanol–water partition coefficient (Wildman–Crippen LogP) is 0.751. The molecule has 94 valence electrons. The van der Waals surface area contributed by atoms with E-state index in [1.807, 2.05) is 0 Å². The van der Waals surface area contributed by atoms with Crippen molar-refractivity contribution in [3.8, 4) is 11.6 Å². The van der Waals surface area contributed by atoms with Gasteiger partial charge in [0.25, 0.3) is 5.88 Å². The lowest BCUT2D eigenvalue weighted by Crippen LogP contribution is -2.16. The molecule has 0 fully saturated rings. The second-order valence-electron chi connectivity index (χ2n) is 3.77. The second-order valence-corrected chi connectivity index (χ2v) is 3.77. The number of carbonyl (C=O) groups is 3. The number of fused-ring (bicyclic) bond motifs is 2. The molecule has 7 heteroatoms. The van der Waals surface area contributed by atoms with E-state index in [4.69, 9.17) is 9.47 Å². The Morgan fingerprint density at radius 2 is 1.79 bits per heavy atom. The molecule has 2 aliphatic rings. The molecular formula is C12H6N2O5. The predicted molar refractivity (Wildman–Crippen MR) is 61.7 cm³/mol. The summed E-state index contributed by atoms with van der Waals surface area (Å²) in [4.78, 5) is 42.2. The van der Waals surface area contributed by atoms with E-state index >= 15 is 0 Å². The summed E-state index contributed by atoms with van der Waals surface area (Å²) in [6.07, 6.45) is 3.44. The highest BCUT2D eigenvalue weighted by Crippen LogP contribution is 2.34. The lowest BCUT2D eigenvalue weighted by molar-refractivity contribution is -0.133. The van der Waals surface area contributed by atoms with E-state index in [0.29, 0.717) is 0 Å². The van der Waals surface area contributed by atoms with Crippen molar-refractivity contribution in [3.05, 3.63) is 23.9 Å². The Bertz CT molecular complexity index is 675. The lowest BCUT2D eigenvalue weighted by Gasteiger charge is -2.14. The molecule has 7 nitrogen and oxygen atoms in total. The molecule has 0 saturated heterocycles. The van der Waals surface area contributed by atoms with Crippen molar-refractivity contribution in [1.29, 1.82) is 0 Å². The third-order valence-corrected chi connectivity index (χ3v) is 2.47. The first-order chi connectivity index (χ1) is 9.13. The minimum Gasteiger partial charge on any atom is -0.417 e. The van der Waals surface area contributed by atoms with Crippen molar-refractivity contribution in [3.63, 3.8) is 0 Å². The van der Waals surface area contributed by atoms with Crippen molar-refractivity contribution < 1.29 is 23.9 Å². The van der Waals surface area contributed by atoms with Gasteiger partial charge in [0, 0.05) is 30.9 Å². The molecule has 0 saturated carbocycles. The summed E-state index contributed by atoms with van der Waals surface area (Å²) in [6.45, 7) is 0. The molecule has 0 unspecified atom stereocenters. The van der Waals surface area contributed by atoms with Crippen LogP contribution in [0.2, 0.25) is 0 Å². The van der Waals surface area contributed by atoms with Crippen LogP contribution in [0.5, 0.6) is 11.6 Å². The number of nitrogens with zero attached hydrogens (tertiary/aromatic N) is 2. The van der Waals surface area contributed by atoms with Crippen molar-refractivity contribution in [1.82, 2.24) is 4.98 Å². The van der Waals surface area contributed by atoms with E-state index in [2.05, 4.69) is 9.98 Å². The Hall–Kier alpha value is -2.83. The van der Waals surface area contributed by atoms with Crippen LogP contribution in [0.3, 0.4) is 0 Å². The third-order valence-electron chi connectivity index (χ3n) is 2.47. The lowest BCUT2D eigenvalue weighted by atomic mass is 10.1. The van der Waals surface area contributed by atoms with Gasteiger partial charge in [0.1, 0.15) is 5.69 Å². The normalized spacial score (nSPS) is 18.6. The number of carbonyl (C=O) groups excluding carboxylic acids is 3. The first-order valence-corrected chi connectivity index (χ1v) is 5.36. The smallest absolute Gasteiger partial charge is 0.337 e. The van der Waals surface area contributed by atoms with Crippen molar-refractivity contribution >= 4 is 29.6 Å². The molecule has 3 heterocycles. The number of ketones is 1. The second kappa shape index (κ2) is 4.13. The number of Topliss-reactive ketones (excluding diaryl/α,β-unsaturated/α-hetero) is 1. The van der Waals surface area contributed by atoms with Crippen molar-refractivity contribution in [2.75, 3.05) is 0 Å². The molecule has 0 bridgehead atoms. The number of hydrogen-bond donors (Lipinski definition) is 0. The largest absolute Gasteiger partial charge is 0.417 e. The maximum atomic E-state index is 11.7. The van der Waals surface area contributed by atoms with Crippen LogP contribution in [0.1, 0.15) is 16.9 Å². The van der Waals surface area contributed by atoms with Crippen LogP contribution in [-0.4, -0.2) is 28.9 Å². The number of aliphatic imine (C=N–C) groups is 1. The first kappa shape index (κ1) is 11.3. The van der Waals surface area contributed by atoms with Gasteiger partial charge in [-0.3, -0.25) is 9.79 Å². The molecule has 3 rings (SSSR count). The van der Waals surface area contributed by atoms with Gasteiger partial charge < -0.3 is 9.47 Å². The van der Waals surface area contributed by atoms with Gasteiger partial charge in [-0.1, -0.05) is 0 Å². The summed E-state index contributed by atoms with van der Waals surface area (Å²) in [5, 5.41) is 0. The van der Waals surface area contributed by atoms with Gasteiger partial charge in [-0.15, -0.1) is 0 Å². The topological polar surface area (TPSA) is 94.9 Å². The first-order valence-electron chi connectivity index (χ1n) is 5.36. The molecule has 0 spiro atoms. The SMILES string of the molecule is O=C1/C=C/C(=O)Oc2nc3c(cc2O1)N=CCC3=O. The standard InChI is InChI=1S/C12H6N2O5/c15-7-3-4-13-6-5-8-12(14-11(6)7)19-10(17)2-1-9(16)18-8/h1-2,4-5H,3H2/b2-1+. The zero-order valence-electron chi connectivity index (χ0n) is 9.45. The highest BCUT2D eigenvalue weighted by Gasteiger charge is 2.24. The van der Waals surface area contributed by atoms with Crippen LogP contribution < -0.4 is 9.47 Å². The molecule has 0 amide bonds. The fourth-order valence-corrected chi connectivity index (χ4v) is 1.65. The van der Waals surface area contributed by atoms with Crippen molar-refractivity contribution in [2.24, 2.45) is 4.99 Å². The number of ether oxygens (including phenoxy) is 2. The maximum Gasteiger partial charge on any atom is 0.337 e. The fourth-order valence-electron chi connectivity index (χ4n) is 1.65. The van der Waals surface area contributed by atoms with E-state index in [0.717, 1.165) is 12.2 Å². The van der Waals surface area contributed by atoms with Gasteiger partial charge in [-0.2, -0.15) is 0 Å². The molecule has 0 aliphatic carbocycles. The minimum absolute atomic E-state index is 0.0479. The summed E-state index contributed by atoms with van der Waals surface area (Å²) in [7, 11) is 0.